The zero-order valence-corrected chi connectivity index (χ0v) is 16.3. The van der Waals surface area contributed by atoms with E-state index < -0.39 is 9.84 Å². The molecule has 2 heterocycles. The van der Waals surface area contributed by atoms with Crippen molar-refractivity contribution in [1.82, 2.24) is 4.90 Å². The van der Waals surface area contributed by atoms with Gasteiger partial charge < -0.3 is 15.1 Å². The van der Waals surface area contributed by atoms with E-state index in [2.05, 4.69) is 34.5 Å². The highest BCUT2D eigenvalue weighted by atomic mass is 32.2. The summed E-state index contributed by atoms with van der Waals surface area (Å²) in [6.45, 7) is 2.81. The number of nitrogens with zero attached hydrogens (tertiary/aromatic N) is 2. The minimum atomic E-state index is -2.96. The van der Waals surface area contributed by atoms with Crippen LogP contribution in [0.1, 0.15) is 32.1 Å². The molecule has 0 aromatic heterocycles. The molecule has 2 saturated heterocycles. The summed E-state index contributed by atoms with van der Waals surface area (Å²) in [5.41, 5.74) is 2.26. The summed E-state index contributed by atoms with van der Waals surface area (Å²) in [5, 5.41) is 3.28. The summed E-state index contributed by atoms with van der Waals surface area (Å²) in [4.78, 5) is 16.3. The van der Waals surface area contributed by atoms with Gasteiger partial charge in [0.15, 0.2) is 9.84 Å². The van der Waals surface area contributed by atoms with Gasteiger partial charge in [-0.25, -0.2) is 8.42 Å². The van der Waals surface area contributed by atoms with Crippen LogP contribution in [0.5, 0.6) is 0 Å². The fourth-order valence-electron chi connectivity index (χ4n) is 3.72. The lowest BCUT2D eigenvalue weighted by atomic mass is 10.1. The number of nitrogens with one attached hydrogen (secondary N) is 1. The first-order chi connectivity index (χ1) is 12.4. The van der Waals surface area contributed by atoms with Gasteiger partial charge in [-0.15, -0.1) is 0 Å². The van der Waals surface area contributed by atoms with Gasteiger partial charge in [0, 0.05) is 50.5 Å². The fourth-order valence-corrected chi connectivity index (χ4v) is 5.49. The second-order valence-electron chi connectivity index (χ2n) is 7.33. The molecular formula is C19H29N3O3S. The van der Waals surface area contributed by atoms with Crippen molar-refractivity contribution >= 4 is 27.1 Å². The highest BCUT2D eigenvalue weighted by molar-refractivity contribution is 7.91. The fraction of sp³-hybridized carbons (Fsp3) is 0.632. The second kappa shape index (κ2) is 8.29. The van der Waals surface area contributed by atoms with Crippen molar-refractivity contribution < 1.29 is 13.2 Å². The lowest BCUT2D eigenvalue weighted by molar-refractivity contribution is -0.131. The number of amides is 1. The molecule has 3 rings (SSSR count). The third kappa shape index (κ3) is 4.90. The topological polar surface area (TPSA) is 69.7 Å². The number of carbonyl (C=O) groups excluding carboxylic acids is 1. The Labute approximate surface area is 156 Å². The summed E-state index contributed by atoms with van der Waals surface area (Å²) in [6, 6.07) is 8.20. The van der Waals surface area contributed by atoms with Gasteiger partial charge in [0.25, 0.3) is 0 Å². The van der Waals surface area contributed by atoms with E-state index in [-0.39, 0.29) is 23.5 Å². The van der Waals surface area contributed by atoms with Crippen molar-refractivity contribution in [2.45, 2.75) is 38.1 Å². The van der Waals surface area contributed by atoms with E-state index in [1.54, 1.807) is 11.9 Å². The number of carbonyl (C=O) groups is 1. The van der Waals surface area contributed by atoms with Crippen molar-refractivity contribution in [2.24, 2.45) is 0 Å². The van der Waals surface area contributed by atoms with E-state index in [9.17, 15) is 13.2 Å². The van der Waals surface area contributed by atoms with Crippen LogP contribution in [0.25, 0.3) is 0 Å². The Kier molecular flexibility index (Phi) is 6.06. The Morgan fingerprint density at radius 1 is 1.19 bits per heavy atom. The van der Waals surface area contributed by atoms with Crippen molar-refractivity contribution in [3.63, 3.8) is 0 Å². The molecule has 1 atom stereocenters. The molecule has 26 heavy (non-hydrogen) atoms. The van der Waals surface area contributed by atoms with Crippen LogP contribution in [0.3, 0.4) is 0 Å². The number of hydrogen-bond acceptors (Lipinski definition) is 5. The first-order valence-corrected chi connectivity index (χ1v) is 11.3. The summed E-state index contributed by atoms with van der Waals surface area (Å²) >= 11 is 0. The molecule has 1 amide bonds. The maximum atomic E-state index is 12.3. The van der Waals surface area contributed by atoms with Crippen LogP contribution >= 0.6 is 0 Å². The molecule has 0 radical (unpaired) electrons. The van der Waals surface area contributed by atoms with Crippen molar-refractivity contribution in [3.8, 4) is 0 Å². The molecule has 0 spiro atoms. The largest absolute Gasteiger partial charge is 0.385 e. The van der Waals surface area contributed by atoms with E-state index in [1.807, 2.05) is 0 Å². The molecule has 144 valence electrons. The van der Waals surface area contributed by atoms with Crippen molar-refractivity contribution in [1.29, 1.82) is 0 Å². The Morgan fingerprint density at radius 3 is 2.50 bits per heavy atom. The maximum Gasteiger partial charge on any atom is 0.224 e. The summed E-state index contributed by atoms with van der Waals surface area (Å²) < 4.78 is 23.1. The van der Waals surface area contributed by atoms with Crippen LogP contribution < -0.4 is 10.2 Å². The van der Waals surface area contributed by atoms with Crippen molar-refractivity contribution in [2.75, 3.05) is 48.4 Å². The van der Waals surface area contributed by atoms with Gasteiger partial charge in [-0.2, -0.15) is 0 Å². The third-order valence-corrected chi connectivity index (χ3v) is 7.16. The molecule has 1 aromatic carbocycles. The van der Waals surface area contributed by atoms with Crippen LogP contribution in [0.2, 0.25) is 0 Å². The van der Waals surface area contributed by atoms with Gasteiger partial charge in [-0.05, 0) is 49.9 Å². The number of sulfone groups is 1. The molecule has 0 saturated carbocycles. The van der Waals surface area contributed by atoms with Gasteiger partial charge >= 0.3 is 0 Å². The molecule has 0 bridgehead atoms. The number of rotatable bonds is 6. The molecule has 6 nitrogen and oxygen atoms in total. The van der Waals surface area contributed by atoms with E-state index in [1.165, 1.54) is 24.9 Å². The summed E-state index contributed by atoms with van der Waals surface area (Å²) in [7, 11) is -1.25. The molecule has 1 unspecified atom stereocenters. The Balaban J connectivity index is 1.43. The van der Waals surface area contributed by atoms with E-state index >= 15 is 0 Å². The normalized spacial score (nSPS) is 22.2. The van der Waals surface area contributed by atoms with Gasteiger partial charge in [-0.3, -0.25) is 4.79 Å². The minimum Gasteiger partial charge on any atom is -0.385 e. The molecule has 2 fully saturated rings. The van der Waals surface area contributed by atoms with Crippen LogP contribution in [-0.4, -0.2) is 63.5 Å². The Morgan fingerprint density at radius 2 is 1.88 bits per heavy atom. The maximum absolute atomic E-state index is 12.3. The number of benzene rings is 1. The first-order valence-electron chi connectivity index (χ1n) is 9.49. The molecule has 1 N–H and O–H groups in total. The Hall–Kier alpha value is -1.76. The predicted molar refractivity (Wildman–Crippen MR) is 105 cm³/mol. The SMILES string of the molecule is CN(C(=O)CCNc1ccc(N2CCCCC2)cc1)C1CCS(=O)(=O)C1. The van der Waals surface area contributed by atoms with E-state index in [0.717, 1.165) is 18.8 Å². The number of piperidine rings is 1. The average molecular weight is 380 g/mol. The smallest absolute Gasteiger partial charge is 0.224 e. The lowest BCUT2D eigenvalue weighted by Crippen LogP contribution is -2.38. The molecule has 1 aromatic rings. The van der Waals surface area contributed by atoms with Gasteiger partial charge in [0.1, 0.15) is 0 Å². The van der Waals surface area contributed by atoms with Crippen molar-refractivity contribution in [3.05, 3.63) is 24.3 Å². The summed E-state index contributed by atoms with van der Waals surface area (Å²) in [6.07, 6.45) is 4.76. The highest BCUT2D eigenvalue weighted by Crippen LogP contribution is 2.22. The predicted octanol–water partition coefficient (Wildman–Crippen LogP) is 2.12. The number of hydrogen-bond donors (Lipinski definition) is 1. The van der Waals surface area contributed by atoms with E-state index in [4.69, 9.17) is 0 Å². The lowest BCUT2D eigenvalue weighted by Gasteiger charge is -2.29. The zero-order valence-electron chi connectivity index (χ0n) is 15.5. The van der Waals surface area contributed by atoms with Gasteiger partial charge in [0.05, 0.1) is 11.5 Å². The monoisotopic (exact) mass is 379 g/mol. The summed E-state index contributed by atoms with van der Waals surface area (Å²) in [5.74, 6) is 0.280. The highest BCUT2D eigenvalue weighted by Gasteiger charge is 2.32. The Bertz CT molecular complexity index is 712. The van der Waals surface area contributed by atoms with E-state index in [0.29, 0.717) is 19.4 Å². The number of anilines is 2. The van der Waals surface area contributed by atoms with Crippen LogP contribution in [0.4, 0.5) is 11.4 Å². The molecule has 0 aliphatic carbocycles. The molecule has 2 aliphatic heterocycles. The van der Waals surface area contributed by atoms with Gasteiger partial charge in [0.2, 0.25) is 5.91 Å². The molecule has 7 heteroatoms. The standard InChI is InChI=1S/C19H29N3O3S/c1-21(18-10-14-26(24,25)15-18)19(23)9-11-20-16-5-7-17(8-6-16)22-12-3-2-4-13-22/h5-8,18,20H,2-4,9-15H2,1H3. The second-order valence-corrected chi connectivity index (χ2v) is 9.56. The van der Waals surface area contributed by atoms with Gasteiger partial charge in [-0.1, -0.05) is 0 Å². The molecular weight excluding hydrogens is 350 g/mol. The molecule has 2 aliphatic rings. The van der Waals surface area contributed by atoms with Crippen LogP contribution in [-0.2, 0) is 14.6 Å². The quantitative estimate of drug-likeness (QED) is 0.820. The average Bonchev–Trinajstić information content (AvgIpc) is 3.02. The minimum absolute atomic E-state index is 0.00969. The van der Waals surface area contributed by atoms with Crippen LogP contribution in [0.15, 0.2) is 24.3 Å². The third-order valence-electron chi connectivity index (χ3n) is 5.41. The van der Waals surface area contributed by atoms with Crippen LogP contribution in [0, 0.1) is 0 Å². The first kappa shape index (κ1) is 19.0. The zero-order chi connectivity index (χ0) is 18.6.